The summed E-state index contributed by atoms with van der Waals surface area (Å²) in [5, 5.41) is 3.57. The van der Waals surface area contributed by atoms with E-state index in [-0.39, 0.29) is 24.0 Å². The van der Waals surface area contributed by atoms with Crippen molar-refractivity contribution < 1.29 is 4.74 Å². The van der Waals surface area contributed by atoms with E-state index in [0.717, 1.165) is 50.1 Å². The summed E-state index contributed by atoms with van der Waals surface area (Å²) in [6.45, 7) is 9.22. The Balaban J connectivity index is 0.00000300. The van der Waals surface area contributed by atoms with Crippen LogP contribution in [-0.2, 0) is 0 Å². The molecule has 1 aromatic carbocycles. The Hall–Kier alpha value is -1.02. The molecule has 1 unspecified atom stereocenters. The highest BCUT2D eigenvalue weighted by Crippen LogP contribution is 2.19. The molecule has 1 atom stereocenters. The number of likely N-dealkylation sites (tertiary alicyclic amines) is 2. The van der Waals surface area contributed by atoms with Gasteiger partial charge in [-0.1, -0.05) is 25.1 Å². The molecule has 0 bridgehead atoms. The third kappa shape index (κ3) is 8.32. The molecule has 0 spiro atoms. The number of halogens is 1. The van der Waals surface area contributed by atoms with Crippen LogP contribution in [0.4, 0.5) is 0 Å². The summed E-state index contributed by atoms with van der Waals surface area (Å²) in [7, 11) is 1.89. The minimum atomic E-state index is 0. The number of nitrogens with one attached hydrogen (secondary N) is 1. The zero-order valence-corrected chi connectivity index (χ0v) is 20.5. The Morgan fingerprint density at radius 2 is 1.86 bits per heavy atom. The van der Waals surface area contributed by atoms with E-state index in [1.165, 1.54) is 45.3 Å². The van der Waals surface area contributed by atoms with Crippen LogP contribution in [-0.4, -0.2) is 68.2 Å². The Morgan fingerprint density at radius 3 is 2.55 bits per heavy atom. The molecule has 0 saturated carbocycles. The predicted molar refractivity (Wildman–Crippen MR) is 133 cm³/mol. The molecule has 164 valence electrons. The lowest BCUT2D eigenvalue weighted by Gasteiger charge is -2.34. The number of para-hydroxylation sites is 1. The van der Waals surface area contributed by atoms with Crippen molar-refractivity contribution in [3.05, 3.63) is 30.3 Å². The first-order chi connectivity index (χ1) is 13.7. The summed E-state index contributed by atoms with van der Waals surface area (Å²) in [5.41, 5.74) is 0. The number of hydrogen-bond acceptors (Lipinski definition) is 3. The Morgan fingerprint density at radius 1 is 1.10 bits per heavy atom. The molecule has 2 aliphatic rings. The lowest BCUT2D eigenvalue weighted by atomic mass is 10.0. The molecule has 2 fully saturated rings. The molecule has 2 saturated heterocycles. The number of benzene rings is 1. The summed E-state index contributed by atoms with van der Waals surface area (Å²) in [5.74, 6) is 2.90. The first-order valence-electron chi connectivity index (χ1n) is 11.1. The van der Waals surface area contributed by atoms with E-state index in [9.17, 15) is 0 Å². The van der Waals surface area contributed by atoms with E-state index in [2.05, 4.69) is 27.0 Å². The molecule has 0 radical (unpaired) electrons. The number of piperidine rings is 2. The quantitative estimate of drug-likeness (QED) is 0.256. The number of hydrogen-bond donors (Lipinski definition) is 1. The van der Waals surface area contributed by atoms with Gasteiger partial charge in [-0.15, -0.1) is 24.0 Å². The highest BCUT2D eigenvalue weighted by Gasteiger charge is 2.22. The summed E-state index contributed by atoms with van der Waals surface area (Å²) in [6.07, 6.45) is 7.65. The van der Waals surface area contributed by atoms with E-state index in [0.29, 0.717) is 6.10 Å². The van der Waals surface area contributed by atoms with Crippen molar-refractivity contribution in [2.24, 2.45) is 10.9 Å². The molecule has 0 amide bonds. The van der Waals surface area contributed by atoms with Crippen LogP contribution >= 0.6 is 24.0 Å². The van der Waals surface area contributed by atoms with Gasteiger partial charge in [0.15, 0.2) is 5.96 Å². The minimum Gasteiger partial charge on any atom is -0.490 e. The van der Waals surface area contributed by atoms with Gasteiger partial charge in [0.25, 0.3) is 0 Å². The Kier molecular flexibility index (Phi) is 11.1. The zero-order valence-electron chi connectivity index (χ0n) is 18.2. The van der Waals surface area contributed by atoms with Gasteiger partial charge in [0, 0.05) is 46.1 Å². The Bertz CT molecular complexity index is 590. The highest BCUT2D eigenvalue weighted by atomic mass is 127. The summed E-state index contributed by atoms with van der Waals surface area (Å²) >= 11 is 0. The van der Waals surface area contributed by atoms with Crippen LogP contribution < -0.4 is 10.1 Å². The van der Waals surface area contributed by atoms with Crippen molar-refractivity contribution in [3.63, 3.8) is 0 Å². The lowest BCUT2D eigenvalue weighted by Crippen LogP contribution is -2.47. The minimum absolute atomic E-state index is 0. The second kappa shape index (κ2) is 13.3. The monoisotopic (exact) mass is 514 g/mol. The van der Waals surface area contributed by atoms with Crippen LogP contribution in [0.3, 0.4) is 0 Å². The molecule has 1 aromatic rings. The van der Waals surface area contributed by atoms with Gasteiger partial charge in [0.2, 0.25) is 0 Å². The topological polar surface area (TPSA) is 40.1 Å². The van der Waals surface area contributed by atoms with Crippen molar-refractivity contribution in [3.8, 4) is 5.75 Å². The van der Waals surface area contributed by atoms with Gasteiger partial charge in [-0.25, -0.2) is 0 Å². The maximum atomic E-state index is 6.10. The molecular formula is C23H39IN4O. The van der Waals surface area contributed by atoms with E-state index in [1.54, 1.807) is 0 Å². The maximum Gasteiger partial charge on any atom is 0.193 e. The number of ether oxygens (including phenoxy) is 1. The lowest BCUT2D eigenvalue weighted by molar-refractivity contribution is 0.129. The average Bonchev–Trinajstić information content (AvgIpc) is 2.72. The molecule has 29 heavy (non-hydrogen) atoms. The van der Waals surface area contributed by atoms with Crippen molar-refractivity contribution in [1.29, 1.82) is 0 Å². The summed E-state index contributed by atoms with van der Waals surface area (Å²) < 4.78 is 6.10. The van der Waals surface area contributed by atoms with Crippen LogP contribution in [0, 0.1) is 5.92 Å². The van der Waals surface area contributed by atoms with Crippen molar-refractivity contribution in [1.82, 2.24) is 15.1 Å². The van der Waals surface area contributed by atoms with E-state index >= 15 is 0 Å². The molecule has 6 heteroatoms. The van der Waals surface area contributed by atoms with Crippen molar-refractivity contribution in [2.45, 2.75) is 51.6 Å². The second-order valence-corrected chi connectivity index (χ2v) is 8.35. The normalized spacial score (nSPS) is 21.5. The van der Waals surface area contributed by atoms with Crippen LogP contribution in [0.15, 0.2) is 35.3 Å². The van der Waals surface area contributed by atoms with Crippen molar-refractivity contribution >= 4 is 29.9 Å². The van der Waals surface area contributed by atoms with Crippen LogP contribution in [0.2, 0.25) is 0 Å². The molecule has 0 aromatic heterocycles. The van der Waals surface area contributed by atoms with Gasteiger partial charge >= 0.3 is 0 Å². The summed E-state index contributed by atoms with van der Waals surface area (Å²) in [4.78, 5) is 9.51. The van der Waals surface area contributed by atoms with Crippen LogP contribution in [0.5, 0.6) is 5.75 Å². The number of unbranched alkanes of at least 4 members (excludes halogenated alkanes) is 1. The number of guanidine groups is 1. The molecule has 2 aliphatic heterocycles. The van der Waals surface area contributed by atoms with Gasteiger partial charge in [0.1, 0.15) is 11.9 Å². The van der Waals surface area contributed by atoms with Gasteiger partial charge in [-0.05, 0) is 56.8 Å². The molecule has 0 aliphatic carbocycles. The van der Waals surface area contributed by atoms with E-state index in [4.69, 9.17) is 4.74 Å². The number of nitrogens with zero attached hydrogens (tertiary/aromatic N) is 3. The fourth-order valence-corrected chi connectivity index (χ4v) is 4.36. The maximum absolute atomic E-state index is 6.10. The first kappa shape index (κ1) is 24.3. The largest absolute Gasteiger partial charge is 0.490 e. The fraction of sp³-hybridized carbons (Fsp3) is 0.696. The zero-order chi connectivity index (χ0) is 19.6. The Labute approximate surface area is 194 Å². The molecule has 3 rings (SSSR count). The number of aliphatic imine (C=N–C) groups is 1. The van der Waals surface area contributed by atoms with Gasteiger partial charge in [-0.3, -0.25) is 4.99 Å². The smallest absolute Gasteiger partial charge is 0.193 e. The highest BCUT2D eigenvalue weighted by molar-refractivity contribution is 14.0. The van der Waals surface area contributed by atoms with E-state index in [1.807, 2.05) is 37.4 Å². The van der Waals surface area contributed by atoms with Crippen molar-refractivity contribution in [2.75, 3.05) is 46.3 Å². The van der Waals surface area contributed by atoms with E-state index < -0.39 is 0 Å². The second-order valence-electron chi connectivity index (χ2n) is 8.35. The van der Waals surface area contributed by atoms with Gasteiger partial charge < -0.3 is 19.9 Å². The third-order valence-electron chi connectivity index (χ3n) is 5.92. The average molecular weight is 514 g/mol. The first-order valence-corrected chi connectivity index (χ1v) is 11.1. The van der Waals surface area contributed by atoms with Crippen LogP contribution in [0.1, 0.15) is 45.4 Å². The third-order valence-corrected chi connectivity index (χ3v) is 5.92. The standard InChI is InChI=1S/C23H38N4O.HI/c1-20-9-8-16-26(19-20)15-7-6-14-25-23(24-2)27-17-12-22(13-18-27)28-21-10-4-3-5-11-21;/h3-5,10-11,20,22H,6-9,12-19H2,1-2H3,(H,24,25);1H. The molecule has 2 heterocycles. The molecule has 1 N–H and O–H groups in total. The summed E-state index contributed by atoms with van der Waals surface area (Å²) in [6, 6.07) is 10.2. The molecular weight excluding hydrogens is 475 g/mol. The number of rotatable bonds is 7. The predicted octanol–water partition coefficient (Wildman–Crippen LogP) is 4.24. The SMILES string of the molecule is CN=C(NCCCCN1CCCC(C)C1)N1CCC(Oc2ccccc2)CC1.I. The fourth-order valence-electron chi connectivity index (χ4n) is 4.36. The van der Waals surface area contributed by atoms with Gasteiger partial charge in [0.05, 0.1) is 0 Å². The molecule has 5 nitrogen and oxygen atoms in total. The van der Waals surface area contributed by atoms with Crippen LogP contribution in [0.25, 0.3) is 0 Å². The van der Waals surface area contributed by atoms with Gasteiger partial charge in [-0.2, -0.15) is 0 Å².